The van der Waals surface area contributed by atoms with E-state index in [2.05, 4.69) is 51.6 Å². The Morgan fingerprint density at radius 1 is 1.18 bits per heavy atom. The molecule has 5 rings (SSSR count). The Hall–Kier alpha value is -3.84. The zero-order chi connectivity index (χ0) is 23.1. The van der Waals surface area contributed by atoms with E-state index in [1.807, 2.05) is 6.20 Å². The molecule has 0 atom stereocenters. The molecule has 3 heterocycles. The summed E-state index contributed by atoms with van der Waals surface area (Å²) in [7, 11) is 1.80. The largest absolute Gasteiger partial charge is 0.340 e. The molecule has 0 amide bonds. The van der Waals surface area contributed by atoms with Gasteiger partial charge in [0.2, 0.25) is 5.62 Å². The number of fused-ring (bicyclic) bond motifs is 1. The molecule has 0 spiro atoms. The number of nitrogens with zero attached hydrogens (tertiary/aromatic N) is 8. The molecule has 2 aromatic carbocycles. The van der Waals surface area contributed by atoms with Gasteiger partial charge >= 0.3 is 11.4 Å². The van der Waals surface area contributed by atoms with Crippen molar-refractivity contribution in [3.63, 3.8) is 0 Å². The number of halogens is 2. The second-order valence-electron chi connectivity index (χ2n) is 7.06. The average molecular weight is 530 g/mol. The zero-order valence-corrected chi connectivity index (χ0v) is 19.2. The fraction of sp³-hybridized carbons (Fsp3) is 0.105. The van der Waals surface area contributed by atoms with Gasteiger partial charge in [0.1, 0.15) is 0 Å². The fourth-order valence-electron chi connectivity index (χ4n) is 3.31. The van der Waals surface area contributed by atoms with Crippen LogP contribution in [0.3, 0.4) is 0 Å². The minimum absolute atomic E-state index is 0.00408. The number of tetrazole rings is 1. The second kappa shape index (κ2) is 8.26. The van der Waals surface area contributed by atoms with Crippen molar-refractivity contribution in [1.29, 1.82) is 0 Å². The molecule has 3 aromatic heterocycles. The van der Waals surface area contributed by atoms with Gasteiger partial charge in [-0.1, -0.05) is 27.5 Å². The van der Waals surface area contributed by atoms with Crippen LogP contribution in [0.4, 0.5) is 5.69 Å². The highest BCUT2D eigenvalue weighted by Crippen LogP contribution is 2.29. The lowest BCUT2D eigenvalue weighted by Gasteiger charge is -2.10. The van der Waals surface area contributed by atoms with E-state index in [1.165, 1.54) is 4.57 Å². The summed E-state index contributed by atoms with van der Waals surface area (Å²) in [6.45, 7) is -0.152. The maximum absolute atomic E-state index is 13.4. The molecule has 166 valence electrons. The highest BCUT2D eigenvalue weighted by atomic mass is 79.9. The van der Waals surface area contributed by atoms with Crippen LogP contribution in [0.1, 0.15) is 5.82 Å². The van der Waals surface area contributed by atoms with E-state index >= 15 is 0 Å². The molecule has 0 bridgehead atoms. The van der Waals surface area contributed by atoms with E-state index in [0.717, 1.165) is 14.4 Å². The first-order chi connectivity index (χ1) is 15.9. The van der Waals surface area contributed by atoms with Crippen LogP contribution in [-0.2, 0) is 13.6 Å². The van der Waals surface area contributed by atoms with Gasteiger partial charge < -0.3 is 0 Å². The Labute approximate surface area is 197 Å². The van der Waals surface area contributed by atoms with E-state index in [0.29, 0.717) is 21.9 Å². The van der Waals surface area contributed by atoms with Crippen LogP contribution in [0.25, 0.3) is 16.6 Å². The highest BCUT2D eigenvalue weighted by Gasteiger charge is 2.14. The number of aromatic amines is 2. The third kappa shape index (κ3) is 4.03. The Morgan fingerprint density at radius 2 is 1.97 bits per heavy atom. The summed E-state index contributed by atoms with van der Waals surface area (Å²) in [5.41, 5.74) is 0.254. The predicted molar refractivity (Wildman–Crippen MR) is 123 cm³/mol. The van der Waals surface area contributed by atoms with Crippen molar-refractivity contribution < 1.29 is 0 Å². The van der Waals surface area contributed by atoms with Gasteiger partial charge in [-0.25, -0.2) is 28.8 Å². The normalized spacial score (nSPS) is 12.0. The lowest BCUT2D eigenvalue weighted by molar-refractivity contribution is 0.593. The highest BCUT2D eigenvalue weighted by molar-refractivity contribution is 9.10. The average Bonchev–Trinajstić information content (AvgIpc) is 3.41. The number of benzene rings is 2. The molecule has 0 fully saturated rings. The van der Waals surface area contributed by atoms with E-state index < -0.39 is 11.4 Å². The Balaban J connectivity index is 1.78. The first kappa shape index (κ1) is 21.0. The number of H-pyrrole nitrogens is 2. The number of rotatable bonds is 4. The lowest BCUT2D eigenvalue weighted by atomic mass is 10.2. The fourth-order valence-corrected chi connectivity index (χ4v) is 3.77. The molecule has 0 saturated carbocycles. The van der Waals surface area contributed by atoms with Gasteiger partial charge in [-0.3, -0.25) is 9.67 Å². The second-order valence-corrected chi connectivity index (χ2v) is 8.38. The first-order valence-electron chi connectivity index (χ1n) is 9.51. The molecule has 0 unspecified atom stereocenters. The van der Waals surface area contributed by atoms with Crippen LogP contribution >= 0.6 is 27.5 Å². The molecule has 0 saturated heterocycles. The predicted octanol–water partition coefficient (Wildman–Crippen LogP) is 1.42. The first-order valence-corrected chi connectivity index (χ1v) is 10.7. The summed E-state index contributed by atoms with van der Waals surface area (Å²) in [5.74, 6) is 0.250. The van der Waals surface area contributed by atoms with Gasteiger partial charge in [0.05, 0.1) is 28.5 Å². The van der Waals surface area contributed by atoms with Crippen molar-refractivity contribution in [1.82, 2.24) is 44.5 Å². The van der Waals surface area contributed by atoms with Gasteiger partial charge in [0, 0.05) is 23.1 Å². The molecule has 12 nitrogen and oxygen atoms in total. The maximum Gasteiger partial charge on any atom is 0.340 e. The van der Waals surface area contributed by atoms with Gasteiger partial charge in [-0.05, 0) is 46.8 Å². The summed E-state index contributed by atoms with van der Waals surface area (Å²) in [4.78, 5) is 33.4. The zero-order valence-electron chi connectivity index (χ0n) is 16.9. The summed E-state index contributed by atoms with van der Waals surface area (Å²) in [6.07, 6.45) is 1.82. The van der Waals surface area contributed by atoms with Crippen LogP contribution in [0.15, 0.2) is 61.6 Å². The molecular weight excluding hydrogens is 516 g/mol. The summed E-state index contributed by atoms with van der Waals surface area (Å²) in [6, 6.07) is 10.4. The number of aryl methyl sites for hydroxylation is 1. The summed E-state index contributed by atoms with van der Waals surface area (Å²) >= 11 is 9.81. The van der Waals surface area contributed by atoms with Crippen molar-refractivity contribution in [3.8, 4) is 5.69 Å². The van der Waals surface area contributed by atoms with E-state index in [4.69, 9.17) is 11.6 Å². The molecule has 2 N–H and O–H groups in total. The van der Waals surface area contributed by atoms with Crippen LogP contribution in [0, 0.1) is 0 Å². The molecule has 0 aliphatic rings. The molecule has 33 heavy (non-hydrogen) atoms. The SMILES string of the molecule is Cn1cc2cc(/N=c3\[nH]c(=O)n(Cc4nnn[nH]4)c(=O)n3-c3ccc(Br)cc3)c(Cl)cc2n1. The van der Waals surface area contributed by atoms with Gasteiger partial charge in [-0.2, -0.15) is 5.10 Å². The monoisotopic (exact) mass is 528 g/mol. The molecule has 0 radical (unpaired) electrons. The van der Waals surface area contributed by atoms with Crippen molar-refractivity contribution in [2.45, 2.75) is 6.54 Å². The molecule has 0 aliphatic heterocycles. The van der Waals surface area contributed by atoms with Gasteiger partial charge in [0.25, 0.3) is 0 Å². The van der Waals surface area contributed by atoms with E-state index in [-0.39, 0.29) is 18.0 Å². The minimum atomic E-state index is -0.679. The van der Waals surface area contributed by atoms with Crippen molar-refractivity contribution >= 4 is 44.1 Å². The Kier molecular flexibility index (Phi) is 5.26. The third-order valence-electron chi connectivity index (χ3n) is 4.79. The molecule has 0 aliphatic carbocycles. The Morgan fingerprint density at radius 3 is 2.70 bits per heavy atom. The number of hydrogen-bond donors (Lipinski definition) is 2. The van der Waals surface area contributed by atoms with Crippen LogP contribution in [0.2, 0.25) is 5.02 Å². The number of aromatic nitrogens is 9. The van der Waals surface area contributed by atoms with E-state index in [9.17, 15) is 9.59 Å². The summed E-state index contributed by atoms with van der Waals surface area (Å²) in [5, 5.41) is 18.7. The topological polar surface area (TPSA) is 144 Å². The molecule has 14 heteroatoms. The minimum Gasteiger partial charge on any atom is -0.277 e. The smallest absolute Gasteiger partial charge is 0.277 e. The van der Waals surface area contributed by atoms with E-state index in [1.54, 1.807) is 48.1 Å². The van der Waals surface area contributed by atoms with Gasteiger partial charge in [-0.15, -0.1) is 5.10 Å². The van der Waals surface area contributed by atoms with Crippen molar-refractivity contribution in [2.75, 3.05) is 0 Å². The standard InChI is InChI=1S/C19H14BrClN10O2/c1-29-8-10-6-15(13(21)7-14(10)26-29)22-17-23-18(32)30(9-16-24-27-28-25-16)19(33)31(17)12-4-2-11(20)3-5-12/h2-8H,9H2,1H3,(H,22,23,32)(H,24,25,27,28). The van der Waals surface area contributed by atoms with Crippen LogP contribution < -0.4 is 17.0 Å². The van der Waals surface area contributed by atoms with Crippen LogP contribution in [-0.4, -0.2) is 44.5 Å². The maximum atomic E-state index is 13.4. The van der Waals surface area contributed by atoms with Crippen molar-refractivity contribution in [3.05, 3.63) is 84.5 Å². The number of hydrogen-bond acceptors (Lipinski definition) is 7. The lowest BCUT2D eigenvalue weighted by Crippen LogP contribution is -2.49. The van der Waals surface area contributed by atoms with Gasteiger partial charge in [0.15, 0.2) is 5.82 Å². The molecule has 5 aromatic rings. The number of nitrogens with one attached hydrogen (secondary N) is 2. The van der Waals surface area contributed by atoms with Crippen molar-refractivity contribution in [2.24, 2.45) is 12.0 Å². The third-order valence-corrected chi connectivity index (χ3v) is 5.63. The van der Waals surface area contributed by atoms with Crippen LogP contribution in [0.5, 0.6) is 0 Å². The quantitative estimate of drug-likeness (QED) is 0.360. The Bertz CT molecular complexity index is 1660. The summed E-state index contributed by atoms with van der Waals surface area (Å²) < 4.78 is 4.73. The molecular formula is C19H14BrClN10O2.